The number of aliphatic hydroxyl groups excluding tert-OH is 1. The van der Waals surface area contributed by atoms with E-state index in [-0.39, 0.29) is 11.5 Å². The molecule has 5 nitrogen and oxygen atoms in total. The first-order valence-electron chi connectivity index (χ1n) is 6.75. The summed E-state index contributed by atoms with van der Waals surface area (Å²) in [5.74, 6) is -0.538. The first-order valence-corrected chi connectivity index (χ1v) is 8.65. The van der Waals surface area contributed by atoms with Crippen LogP contribution in [0.15, 0.2) is 47.5 Å². The highest BCUT2D eigenvalue weighted by Gasteiger charge is 2.18. The molecule has 0 aliphatic carbocycles. The highest BCUT2D eigenvalue weighted by atomic mass is 32.2. The summed E-state index contributed by atoms with van der Waals surface area (Å²) >= 11 is 0. The van der Waals surface area contributed by atoms with E-state index in [2.05, 4.69) is 9.97 Å². The lowest BCUT2D eigenvalue weighted by Crippen LogP contribution is -2.03. The van der Waals surface area contributed by atoms with Crippen molar-refractivity contribution in [3.8, 4) is 11.3 Å². The lowest BCUT2D eigenvalue weighted by molar-refractivity contribution is 0.282. The first-order chi connectivity index (χ1) is 10.9. The van der Waals surface area contributed by atoms with Gasteiger partial charge in [-0.05, 0) is 12.1 Å². The molecule has 2 heterocycles. The van der Waals surface area contributed by atoms with Crippen molar-refractivity contribution in [1.29, 1.82) is 0 Å². The maximum atomic E-state index is 13.4. The minimum Gasteiger partial charge on any atom is -0.392 e. The molecule has 0 unspecified atom stereocenters. The van der Waals surface area contributed by atoms with Crippen LogP contribution in [0.25, 0.3) is 22.3 Å². The Bertz CT molecular complexity index is 1000. The molecule has 7 heteroatoms. The van der Waals surface area contributed by atoms with E-state index in [0.717, 1.165) is 12.5 Å². The molecule has 23 heavy (non-hydrogen) atoms. The SMILES string of the molecule is CS(=O)(=O)c1ccccc1-c1nc2cc(F)cnc2cc1CO. The van der Waals surface area contributed by atoms with Gasteiger partial charge in [0.25, 0.3) is 0 Å². The van der Waals surface area contributed by atoms with Gasteiger partial charge >= 0.3 is 0 Å². The Morgan fingerprint density at radius 3 is 2.61 bits per heavy atom. The first kappa shape index (κ1) is 15.5. The molecule has 0 bridgehead atoms. The van der Waals surface area contributed by atoms with E-state index in [1.54, 1.807) is 24.3 Å². The zero-order chi connectivity index (χ0) is 16.6. The fourth-order valence-corrected chi connectivity index (χ4v) is 3.29. The number of halogens is 1. The number of nitrogens with zero attached hydrogens (tertiary/aromatic N) is 2. The largest absolute Gasteiger partial charge is 0.392 e. The van der Waals surface area contributed by atoms with Gasteiger partial charge in [0.1, 0.15) is 5.82 Å². The monoisotopic (exact) mass is 332 g/mol. The number of aromatic nitrogens is 2. The topological polar surface area (TPSA) is 80.2 Å². The van der Waals surface area contributed by atoms with E-state index in [1.165, 1.54) is 12.1 Å². The maximum Gasteiger partial charge on any atom is 0.176 e. The van der Waals surface area contributed by atoms with Gasteiger partial charge in [-0.2, -0.15) is 0 Å². The van der Waals surface area contributed by atoms with Crippen LogP contribution in [-0.4, -0.2) is 29.7 Å². The van der Waals surface area contributed by atoms with Crippen molar-refractivity contribution in [2.24, 2.45) is 0 Å². The zero-order valence-corrected chi connectivity index (χ0v) is 13.0. The van der Waals surface area contributed by atoms with Gasteiger partial charge in [0.05, 0.1) is 34.4 Å². The second-order valence-electron chi connectivity index (χ2n) is 5.11. The highest BCUT2D eigenvalue weighted by Crippen LogP contribution is 2.30. The van der Waals surface area contributed by atoms with Gasteiger partial charge in [-0.15, -0.1) is 0 Å². The Balaban J connectivity index is 2.36. The van der Waals surface area contributed by atoms with Gasteiger partial charge in [0.2, 0.25) is 0 Å². The predicted octanol–water partition coefficient (Wildman–Crippen LogP) is 2.33. The second-order valence-corrected chi connectivity index (χ2v) is 7.10. The Hall–Kier alpha value is -2.38. The van der Waals surface area contributed by atoms with Crippen LogP contribution >= 0.6 is 0 Å². The maximum absolute atomic E-state index is 13.4. The molecule has 1 N–H and O–H groups in total. The van der Waals surface area contributed by atoms with Crippen molar-refractivity contribution in [2.75, 3.05) is 6.26 Å². The number of hydrogen-bond donors (Lipinski definition) is 1. The Morgan fingerprint density at radius 1 is 1.17 bits per heavy atom. The molecule has 0 aliphatic heterocycles. The molecule has 2 aromatic heterocycles. The van der Waals surface area contributed by atoms with Crippen LogP contribution in [-0.2, 0) is 16.4 Å². The quantitative estimate of drug-likeness (QED) is 0.796. The number of benzene rings is 1. The van der Waals surface area contributed by atoms with Gasteiger partial charge in [-0.1, -0.05) is 18.2 Å². The molecular weight excluding hydrogens is 319 g/mol. The summed E-state index contributed by atoms with van der Waals surface area (Å²) in [5.41, 5.74) is 1.81. The molecule has 0 saturated heterocycles. The van der Waals surface area contributed by atoms with Gasteiger partial charge in [0.15, 0.2) is 9.84 Å². The summed E-state index contributed by atoms with van der Waals surface area (Å²) in [7, 11) is -3.48. The number of pyridine rings is 2. The zero-order valence-electron chi connectivity index (χ0n) is 12.2. The molecule has 0 saturated carbocycles. The molecule has 0 amide bonds. The molecule has 0 aliphatic rings. The van der Waals surface area contributed by atoms with Crippen molar-refractivity contribution in [3.05, 3.63) is 54.0 Å². The summed E-state index contributed by atoms with van der Waals surface area (Å²) in [4.78, 5) is 8.36. The molecule has 0 atom stereocenters. The van der Waals surface area contributed by atoms with Crippen molar-refractivity contribution in [3.63, 3.8) is 0 Å². The van der Waals surface area contributed by atoms with E-state index in [1.807, 2.05) is 0 Å². The fraction of sp³-hybridized carbons (Fsp3) is 0.125. The van der Waals surface area contributed by atoms with Crippen LogP contribution in [0.1, 0.15) is 5.56 Å². The third-order valence-corrected chi connectivity index (χ3v) is 4.58. The summed E-state index contributed by atoms with van der Waals surface area (Å²) in [6.07, 6.45) is 2.17. The lowest BCUT2D eigenvalue weighted by Gasteiger charge is -2.12. The van der Waals surface area contributed by atoms with Gasteiger partial charge in [-0.3, -0.25) is 4.98 Å². The standard InChI is InChI=1S/C16H13FN2O3S/c1-23(21,22)15-5-3-2-4-12(15)16-10(9-20)6-13-14(19-16)7-11(17)8-18-13/h2-8,20H,9H2,1H3. The van der Waals surface area contributed by atoms with Crippen LogP contribution in [0.5, 0.6) is 0 Å². The third-order valence-electron chi connectivity index (χ3n) is 3.42. The van der Waals surface area contributed by atoms with Crippen molar-refractivity contribution < 1.29 is 17.9 Å². The molecule has 0 spiro atoms. The number of fused-ring (bicyclic) bond motifs is 1. The summed E-state index contributed by atoms with van der Waals surface area (Å²) in [6.45, 7) is -0.338. The smallest absolute Gasteiger partial charge is 0.176 e. The highest BCUT2D eigenvalue weighted by molar-refractivity contribution is 7.90. The van der Waals surface area contributed by atoms with E-state index >= 15 is 0 Å². The van der Waals surface area contributed by atoms with Gasteiger partial charge in [0, 0.05) is 23.4 Å². The average Bonchev–Trinajstić information content (AvgIpc) is 2.52. The van der Waals surface area contributed by atoms with E-state index < -0.39 is 15.7 Å². The molecule has 1 aromatic carbocycles. The minimum atomic E-state index is -3.48. The average molecular weight is 332 g/mol. The van der Waals surface area contributed by atoms with Crippen LogP contribution in [0.2, 0.25) is 0 Å². The van der Waals surface area contributed by atoms with Crippen LogP contribution in [0.4, 0.5) is 4.39 Å². The Morgan fingerprint density at radius 2 is 1.91 bits per heavy atom. The number of sulfone groups is 1. The Kier molecular flexibility index (Phi) is 3.83. The van der Waals surface area contributed by atoms with Gasteiger partial charge in [-0.25, -0.2) is 17.8 Å². The van der Waals surface area contributed by atoms with Crippen molar-refractivity contribution in [2.45, 2.75) is 11.5 Å². The molecule has 3 aromatic rings. The third kappa shape index (κ3) is 2.93. The predicted molar refractivity (Wildman–Crippen MR) is 84.0 cm³/mol. The summed E-state index contributed by atoms with van der Waals surface area (Å²) < 4.78 is 37.3. The lowest BCUT2D eigenvalue weighted by atomic mass is 10.1. The number of hydrogen-bond acceptors (Lipinski definition) is 5. The van der Waals surface area contributed by atoms with Crippen molar-refractivity contribution >= 4 is 20.9 Å². The van der Waals surface area contributed by atoms with Gasteiger partial charge < -0.3 is 5.11 Å². The number of aliphatic hydroxyl groups is 1. The van der Waals surface area contributed by atoms with Crippen LogP contribution in [0.3, 0.4) is 0 Å². The van der Waals surface area contributed by atoms with Crippen LogP contribution < -0.4 is 0 Å². The molecule has 0 radical (unpaired) electrons. The van der Waals surface area contributed by atoms with E-state index in [9.17, 15) is 17.9 Å². The molecular formula is C16H13FN2O3S. The summed E-state index contributed by atoms with van der Waals surface area (Å²) in [6, 6.07) is 9.17. The molecule has 118 valence electrons. The Labute approximate surface area is 132 Å². The van der Waals surface area contributed by atoms with Crippen LogP contribution in [0, 0.1) is 5.82 Å². The van der Waals surface area contributed by atoms with E-state index in [4.69, 9.17) is 0 Å². The molecule has 3 rings (SSSR count). The number of rotatable bonds is 3. The van der Waals surface area contributed by atoms with Crippen molar-refractivity contribution in [1.82, 2.24) is 9.97 Å². The summed E-state index contributed by atoms with van der Waals surface area (Å²) in [5, 5.41) is 9.60. The normalized spacial score (nSPS) is 11.8. The fourth-order valence-electron chi connectivity index (χ4n) is 2.40. The molecule has 0 fully saturated rings. The second kappa shape index (κ2) is 5.68. The van der Waals surface area contributed by atoms with E-state index in [0.29, 0.717) is 27.9 Å². The minimum absolute atomic E-state index is 0.103.